The van der Waals surface area contributed by atoms with Crippen molar-refractivity contribution in [2.24, 2.45) is 17.3 Å². The standard InChI is InChI=1S/C15H11ClF6O2/c1-15(2)6(3-7(17)18)8(15)14(23)24-4-5-10(19)12(21)9(16)13(22)11(5)20/h3,6,8H,4H2,1-2H3/t6-,8+/m1/s1. The van der Waals surface area contributed by atoms with Crippen LogP contribution in [0.2, 0.25) is 5.02 Å². The summed E-state index contributed by atoms with van der Waals surface area (Å²) in [5.74, 6) is -9.95. The van der Waals surface area contributed by atoms with Gasteiger partial charge in [-0.25, -0.2) is 17.6 Å². The fourth-order valence-corrected chi connectivity index (χ4v) is 2.75. The monoisotopic (exact) mass is 372 g/mol. The largest absolute Gasteiger partial charge is 0.460 e. The van der Waals surface area contributed by atoms with Gasteiger partial charge in [0.25, 0.3) is 6.08 Å². The predicted octanol–water partition coefficient (Wildman–Crippen LogP) is 4.99. The number of ether oxygens (including phenoxy) is 1. The molecule has 0 amide bonds. The first kappa shape index (κ1) is 18.6. The van der Waals surface area contributed by atoms with Crippen LogP contribution in [0, 0.1) is 40.5 Å². The van der Waals surface area contributed by atoms with E-state index in [0.717, 1.165) is 0 Å². The Morgan fingerprint density at radius 2 is 1.62 bits per heavy atom. The number of carbonyl (C=O) groups excluding carboxylic acids is 1. The third-order valence-electron chi connectivity index (χ3n) is 4.13. The molecular weight excluding hydrogens is 362 g/mol. The van der Waals surface area contributed by atoms with Crippen molar-refractivity contribution in [3.05, 3.63) is 46.0 Å². The van der Waals surface area contributed by atoms with E-state index in [4.69, 9.17) is 11.6 Å². The maximum Gasteiger partial charge on any atom is 0.310 e. The van der Waals surface area contributed by atoms with E-state index in [1.165, 1.54) is 13.8 Å². The van der Waals surface area contributed by atoms with Gasteiger partial charge in [0, 0.05) is 5.92 Å². The van der Waals surface area contributed by atoms with Gasteiger partial charge >= 0.3 is 5.97 Å². The van der Waals surface area contributed by atoms with Crippen LogP contribution in [0.1, 0.15) is 19.4 Å². The molecule has 9 heteroatoms. The molecule has 0 bridgehead atoms. The average Bonchev–Trinajstić information content (AvgIpc) is 3.02. The van der Waals surface area contributed by atoms with Crippen molar-refractivity contribution in [2.75, 3.05) is 0 Å². The van der Waals surface area contributed by atoms with Crippen LogP contribution in [0.5, 0.6) is 0 Å². The highest BCUT2D eigenvalue weighted by Gasteiger charge is 2.62. The summed E-state index contributed by atoms with van der Waals surface area (Å²) in [5.41, 5.74) is -1.97. The molecule has 0 unspecified atom stereocenters. The maximum atomic E-state index is 13.6. The van der Waals surface area contributed by atoms with Crippen molar-refractivity contribution in [1.29, 1.82) is 0 Å². The number of benzene rings is 1. The zero-order chi connectivity index (χ0) is 18.4. The van der Waals surface area contributed by atoms with Gasteiger partial charge in [-0.05, 0) is 11.5 Å². The van der Waals surface area contributed by atoms with Gasteiger partial charge in [0.05, 0.1) is 11.5 Å². The Labute approximate surface area is 138 Å². The summed E-state index contributed by atoms with van der Waals surface area (Å²) in [7, 11) is 0. The Morgan fingerprint density at radius 1 is 1.12 bits per heavy atom. The first-order valence-corrected chi connectivity index (χ1v) is 7.07. The molecule has 0 N–H and O–H groups in total. The fraction of sp³-hybridized carbons (Fsp3) is 0.400. The van der Waals surface area contributed by atoms with Crippen molar-refractivity contribution in [3.8, 4) is 0 Å². The van der Waals surface area contributed by atoms with Crippen LogP contribution >= 0.6 is 11.6 Å². The van der Waals surface area contributed by atoms with Gasteiger partial charge in [0.15, 0.2) is 23.3 Å². The first-order valence-electron chi connectivity index (χ1n) is 6.69. The normalized spacial score (nSPS) is 21.4. The number of rotatable bonds is 4. The van der Waals surface area contributed by atoms with Gasteiger partial charge in [-0.1, -0.05) is 25.4 Å². The molecule has 24 heavy (non-hydrogen) atoms. The lowest BCUT2D eigenvalue weighted by atomic mass is 10.1. The van der Waals surface area contributed by atoms with Gasteiger partial charge < -0.3 is 4.74 Å². The van der Waals surface area contributed by atoms with Gasteiger partial charge in [0.2, 0.25) is 0 Å². The highest BCUT2D eigenvalue weighted by Crippen LogP contribution is 2.60. The van der Waals surface area contributed by atoms with Gasteiger partial charge in [-0.3, -0.25) is 4.79 Å². The molecule has 1 saturated carbocycles. The number of carbonyl (C=O) groups is 1. The van der Waals surface area contributed by atoms with Crippen LogP contribution in [0.4, 0.5) is 26.3 Å². The van der Waals surface area contributed by atoms with Crippen molar-refractivity contribution in [1.82, 2.24) is 0 Å². The third-order valence-corrected chi connectivity index (χ3v) is 4.46. The zero-order valence-electron chi connectivity index (χ0n) is 12.4. The minimum atomic E-state index is -1.97. The van der Waals surface area contributed by atoms with E-state index < -0.39 is 69.8 Å². The number of allylic oxidation sites excluding steroid dienone is 1. The fourth-order valence-electron chi connectivity index (χ4n) is 2.58. The van der Waals surface area contributed by atoms with Crippen LogP contribution < -0.4 is 0 Å². The van der Waals surface area contributed by atoms with Crippen LogP contribution in [-0.4, -0.2) is 5.97 Å². The van der Waals surface area contributed by atoms with Crippen LogP contribution in [-0.2, 0) is 16.1 Å². The number of halogens is 7. The predicted molar refractivity (Wildman–Crippen MR) is 72.1 cm³/mol. The Bertz CT molecular complexity index is 698. The number of hydrogen-bond acceptors (Lipinski definition) is 2. The van der Waals surface area contributed by atoms with E-state index in [2.05, 4.69) is 4.74 Å². The van der Waals surface area contributed by atoms with Crippen molar-refractivity contribution < 1.29 is 35.9 Å². The quantitative estimate of drug-likeness (QED) is 0.322. The lowest BCUT2D eigenvalue weighted by Crippen LogP contribution is -2.13. The van der Waals surface area contributed by atoms with Crippen LogP contribution in [0.25, 0.3) is 0 Å². The first-order chi connectivity index (χ1) is 11.0. The summed E-state index contributed by atoms with van der Waals surface area (Å²) in [5, 5.41) is -1.35. The molecule has 2 nitrogen and oxygen atoms in total. The van der Waals surface area contributed by atoms with Gasteiger partial charge in [-0.15, -0.1) is 0 Å². The lowest BCUT2D eigenvalue weighted by Gasteiger charge is -2.10. The summed E-state index contributed by atoms with van der Waals surface area (Å²) >= 11 is 5.07. The molecule has 0 aliphatic heterocycles. The average molecular weight is 373 g/mol. The zero-order valence-corrected chi connectivity index (χ0v) is 13.2. The highest BCUT2D eigenvalue weighted by atomic mass is 35.5. The third kappa shape index (κ3) is 3.11. The summed E-state index contributed by atoms with van der Waals surface area (Å²) in [6.07, 6.45) is -1.38. The van der Waals surface area contributed by atoms with Gasteiger partial charge in [-0.2, -0.15) is 8.78 Å². The van der Waals surface area contributed by atoms with Crippen molar-refractivity contribution >= 4 is 17.6 Å². The van der Waals surface area contributed by atoms with E-state index in [1.54, 1.807) is 0 Å². The summed E-state index contributed by atoms with van der Waals surface area (Å²) < 4.78 is 83.1. The highest BCUT2D eigenvalue weighted by molar-refractivity contribution is 6.30. The maximum absolute atomic E-state index is 13.6. The molecule has 0 saturated heterocycles. The Morgan fingerprint density at radius 3 is 2.08 bits per heavy atom. The van der Waals surface area contributed by atoms with E-state index in [9.17, 15) is 31.1 Å². The molecular formula is C15H11ClF6O2. The molecule has 1 fully saturated rings. The number of hydrogen-bond donors (Lipinski definition) is 0. The minimum absolute atomic E-state index is 0.592. The summed E-state index contributed by atoms with van der Waals surface area (Å²) in [6, 6.07) is 0. The topological polar surface area (TPSA) is 26.3 Å². The summed E-state index contributed by atoms with van der Waals surface area (Å²) in [4.78, 5) is 11.9. The molecule has 0 heterocycles. The second kappa shape index (κ2) is 6.31. The van der Waals surface area contributed by atoms with Crippen LogP contribution in [0.15, 0.2) is 12.2 Å². The molecule has 1 aromatic rings. The van der Waals surface area contributed by atoms with E-state index in [-0.39, 0.29) is 0 Å². The molecule has 1 aromatic carbocycles. The second-order valence-corrected chi connectivity index (χ2v) is 6.32. The minimum Gasteiger partial charge on any atom is -0.460 e. The SMILES string of the molecule is CC1(C)[C@H](C=C(F)F)[C@H]1C(=O)OCc1c(F)c(F)c(Cl)c(F)c1F. The molecule has 1 aliphatic carbocycles. The molecule has 1 aliphatic rings. The Hall–Kier alpha value is -1.70. The Balaban J connectivity index is 2.16. The van der Waals surface area contributed by atoms with Crippen molar-refractivity contribution in [2.45, 2.75) is 20.5 Å². The molecule has 2 rings (SSSR count). The molecule has 132 valence electrons. The second-order valence-electron chi connectivity index (χ2n) is 5.94. The van der Waals surface area contributed by atoms with E-state index >= 15 is 0 Å². The van der Waals surface area contributed by atoms with Crippen molar-refractivity contribution in [3.63, 3.8) is 0 Å². The van der Waals surface area contributed by atoms with Gasteiger partial charge in [0.1, 0.15) is 11.6 Å². The van der Waals surface area contributed by atoms with Crippen LogP contribution in [0.3, 0.4) is 0 Å². The Kier molecular flexibility index (Phi) is 4.90. The molecule has 0 aromatic heterocycles. The van der Waals surface area contributed by atoms with E-state index in [0.29, 0.717) is 6.08 Å². The number of esters is 1. The molecule has 2 atom stereocenters. The van der Waals surface area contributed by atoms with E-state index in [1.807, 2.05) is 0 Å². The molecule has 0 spiro atoms. The smallest absolute Gasteiger partial charge is 0.310 e. The molecule has 0 radical (unpaired) electrons. The lowest BCUT2D eigenvalue weighted by molar-refractivity contribution is -0.147. The summed E-state index contributed by atoms with van der Waals surface area (Å²) in [6.45, 7) is 1.97.